The molecule has 0 saturated carbocycles. The van der Waals surface area contributed by atoms with E-state index in [2.05, 4.69) is 5.32 Å². The molecule has 0 bridgehead atoms. The van der Waals surface area contributed by atoms with Gasteiger partial charge in [-0.3, -0.25) is 19.3 Å². The number of carboxylic acid groups (broad SMARTS) is 2. The van der Waals surface area contributed by atoms with E-state index in [1.165, 1.54) is 6.26 Å². The number of ether oxygens (including phenoxy) is 1. The van der Waals surface area contributed by atoms with Crippen molar-refractivity contribution in [3.63, 3.8) is 0 Å². The van der Waals surface area contributed by atoms with Gasteiger partial charge in [0, 0.05) is 6.42 Å². The molecule has 1 aromatic rings. The number of nitrogens with zero attached hydrogens (tertiary/aromatic N) is 2. The molecule has 29 heavy (non-hydrogen) atoms. The second-order valence-corrected chi connectivity index (χ2v) is 6.47. The molecule has 9 nitrogen and oxygen atoms in total. The number of aliphatic carboxylic acids is 2. The maximum Gasteiger partial charge on any atom is 0.317 e. The Labute approximate surface area is 167 Å². The van der Waals surface area contributed by atoms with Crippen molar-refractivity contribution in [2.24, 2.45) is 0 Å². The fraction of sp³-hybridized carbons (Fsp3) is 0.300. The first kappa shape index (κ1) is 21.7. The van der Waals surface area contributed by atoms with Crippen LogP contribution in [0.5, 0.6) is 0 Å². The second kappa shape index (κ2) is 10.1. The highest BCUT2D eigenvalue weighted by atomic mass is 16.5. The standard InChI is InChI=1S/C20H21N3O6/c1-13-15(7-14-5-3-2-4-6-14)12-29-20(16(13)8-21)22-17(24)9-23(10-18(25)26)11-19(27)28/h2-6,12,20H,7,9-11H2,1H3,(H,22,24)(H,25,26)(H,27,28). The number of allylic oxidation sites excluding steroid dienone is 2. The lowest BCUT2D eigenvalue weighted by molar-refractivity contribution is -0.142. The van der Waals surface area contributed by atoms with Crippen LogP contribution < -0.4 is 5.32 Å². The van der Waals surface area contributed by atoms with Crippen molar-refractivity contribution in [3.8, 4) is 6.07 Å². The van der Waals surface area contributed by atoms with Crippen LogP contribution in [0.1, 0.15) is 12.5 Å². The van der Waals surface area contributed by atoms with Gasteiger partial charge in [0.05, 0.1) is 31.5 Å². The number of benzene rings is 1. The van der Waals surface area contributed by atoms with Crippen LogP contribution in [0, 0.1) is 11.3 Å². The number of carbonyl (C=O) groups excluding carboxylic acids is 1. The molecule has 0 saturated heterocycles. The highest BCUT2D eigenvalue weighted by molar-refractivity contribution is 5.81. The van der Waals surface area contributed by atoms with Crippen LogP contribution in [0.4, 0.5) is 0 Å². The first-order valence-corrected chi connectivity index (χ1v) is 8.75. The molecule has 0 spiro atoms. The monoisotopic (exact) mass is 399 g/mol. The van der Waals surface area contributed by atoms with E-state index in [1.807, 2.05) is 36.4 Å². The number of nitriles is 1. The van der Waals surface area contributed by atoms with Crippen LogP contribution in [-0.4, -0.2) is 58.8 Å². The number of amides is 1. The largest absolute Gasteiger partial charge is 0.480 e. The summed E-state index contributed by atoms with van der Waals surface area (Å²) in [6, 6.07) is 11.7. The summed E-state index contributed by atoms with van der Waals surface area (Å²) in [7, 11) is 0. The molecule has 1 heterocycles. The summed E-state index contributed by atoms with van der Waals surface area (Å²) in [4.78, 5) is 34.9. The van der Waals surface area contributed by atoms with E-state index in [-0.39, 0.29) is 5.57 Å². The molecule has 1 aromatic carbocycles. The molecule has 3 N–H and O–H groups in total. The smallest absolute Gasteiger partial charge is 0.317 e. The SMILES string of the molecule is CC1=C(C#N)C(NC(=O)CN(CC(=O)O)CC(=O)O)OC=C1Cc1ccccc1. The Balaban J connectivity index is 2.05. The molecule has 2 rings (SSSR count). The minimum absolute atomic E-state index is 0.231. The van der Waals surface area contributed by atoms with Crippen LogP contribution in [0.15, 0.2) is 53.3 Å². The molecule has 1 amide bonds. The average Bonchev–Trinajstić information content (AvgIpc) is 2.64. The molecule has 0 aromatic heterocycles. The van der Waals surface area contributed by atoms with Crippen molar-refractivity contribution < 1.29 is 29.3 Å². The summed E-state index contributed by atoms with van der Waals surface area (Å²) < 4.78 is 5.53. The predicted molar refractivity (Wildman–Crippen MR) is 101 cm³/mol. The zero-order chi connectivity index (χ0) is 21.4. The Kier molecular flexibility index (Phi) is 7.51. The topological polar surface area (TPSA) is 140 Å². The van der Waals surface area contributed by atoms with Gasteiger partial charge in [-0.2, -0.15) is 5.26 Å². The van der Waals surface area contributed by atoms with Gasteiger partial charge in [0.25, 0.3) is 0 Å². The van der Waals surface area contributed by atoms with Gasteiger partial charge < -0.3 is 20.3 Å². The highest BCUT2D eigenvalue weighted by Gasteiger charge is 2.26. The van der Waals surface area contributed by atoms with Gasteiger partial charge in [-0.15, -0.1) is 0 Å². The van der Waals surface area contributed by atoms with E-state index in [9.17, 15) is 19.6 Å². The van der Waals surface area contributed by atoms with Crippen molar-refractivity contribution in [2.45, 2.75) is 19.6 Å². The van der Waals surface area contributed by atoms with Gasteiger partial charge in [0.1, 0.15) is 6.07 Å². The minimum atomic E-state index is -1.25. The molecule has 1 aliphatic heterocycles. The summed E-state index contributed by atoms with van der Waals surface area (Å²) in [6.07, 6.45) is 1.02. The summed E-state index contributed by atoms with van der Waals surface area (Å²) in [5.41, 5.74) is 2.76. The van der Waals surface area contributed by atoms with Crippen LogP contribution in [0.2, 0.25) is 0 Å². The molecule has 1 aliphatic rings. The van der Waals surface area contributed by atoms with Gasteiger partial charge in [0.15, 0.2) is 0 Å². The second-order valence-electron chi connectivity index (χ2n) is 6.47. The van der Waals surface area contributed by atoms with E-state index in [1.54, 1.807) is 6.92 Å². The molecular formula is C20H21N3O6. The Morgan fingerprint density at radius 3 is 2.31 bits per heavy atom. The summed E-state index contributed by atoms with van der Waals surface area (Å²) >= 11 is 0. The number of hydrogen-bond donors (Lipinski definition) is 3. The summed E-state index contributed by atoms with van der Waals surface area (Å²) in [5, 5.41) is 29.7. The lowest BCUT2D eigenvalue weighted by Gasteiger charge is -2.26. The van der Waals surface area contributed by atoms with Crippen LogP contribution in [0.25, 0.3) is 0 Å². The Morgan fingerprint density at radius 1 is 1.14 bits per heavy atom. The van der Waals surface area contributed by atoms with Crippen molar-refractivity contribution in [2.75, 3.05) is 19.6 Å². The van der Waals surface area contributed by atoms with Gasteiger partial charge >= 0.3 is 11.9 Å². The first-order chi connectivity index (χ1) is 13.8. The van der Waals surface area contributed by atoms with Crippen molar-refractivity contribution >= 4 is 17.8 Å². The lowest BCUT2D eigenvalue weighted by Crippen LogP contribution is -2.46. The average molecular weight is 399 g/mol. The molecule has 9 heteroatoms. The Morgan fingerprint density at radius 2 is 1.76 bits per heavy atom. The molecule has 152 valence electrons. The van der Waals surface area contributed by atoms with Crippen LogP contribution >= 0.6 is 0 Å². The van der Waals surface area contributed by atoms with Gasteiger partial charge in [-0.05, 0) is 23.6 Å². The predicted octanol–water partition coefficient (Wildman–Crippen LogP) is 0.897. The van der Waals surface area contributed by atoms with Gasteiger partial charge in [-0.1, -0.05) is 30.3 Å². The fourth-order valence-electron chi connectivity index (χ4n) is 2.86. The number of nitrogens with one attached hydrogen (secondary N) is 1. The number of rotatable bonds is 9. The zero-order valence-corrected chi connectivity index (χ0v) is 15.8. The molecule has 0 radical (unpaired) electrons. The van der Waals surface area contributed by atoms with E-state index in [0.717, 1.165) is 16.0 Å². The molecular weight excluding hydrogens is 378 g/mol. The Hall–Kier alpha value is -3.64. The molecule has 1 atom stereocenters. The third kappa shape index (κ3) is 6.48. The third-order valence-corrected chi connectivity index (χ3v) is 4.23. The quantitative estimate of drug-likeness (QED) is 0.556. The Bertz CT molecular complexity index is 869. The number of hydrogen-bond acceptors (Lipinski definition) is 6. The van der Waals surface area contributed by atoms with Crippen molar-refractivity contribution in [1.29, 1.82) is 5.26 Å². The van der Waals surface area contributed by atoms with E-state index < -0.39 is 43.7 Å². The lowest BCUT2D eigenvalue weighted by atomic mass is 9.94. The van der Waals surface area contributed by atoms with Crippen molar-refractivity contribution in [1.82, 2.24) is 10.2 Å². The first-order valence-electron chi connectivity index (χ1n) is 8.75. The highest BCUT2D eigenvalue weighted by Crippen LogP contribution is 2.26. The van der Waals surface area contributed by atoms with E-state index >= 15 is 0 Å². The molecule has 1 unspecified atom stereocenters. The van der Waals surface area contributed by atoms with E-state index in [4.69, 9.17) is 14.9 Å². The van der Waals surface area contributed by atoms with Gasteiger partial charge in [-0.25, -0.2) is 0 Å². The van der Waals surface area contributed by atoms with Crippen LogP contribution in [0.3, 0.4) is 0 Å². The van der Waals surface area contributed by atoms with Gasteiger partial charge in [0.2, 0.25) is 12.1 Å². The summed E-state index contributed by atoms with van der Waals surface area (Å²) in [6.45, 7) is 0.0889. The van der Waals surface area contributed by atoms with Crippen LogP contribution in [-0.2, 0) is 25.5 Å². The third-order valence-electron chi connectivity index (χ3n) is 4.23. The normalized spacial score (nSPS) is 15.9. The number of carbonyl (C=O) groups is 3. The minimum Gasteiger partial charge on any atom is -0.480 e. The fourth-order valence-corrected chi connectivity index (χ4v) is 2.86. The molecule has 0 fully saturated rings. The van der Waals surface area contributed by atoms with Crippen molar-refractivity contribution in [3.05, 3.63) is 58.9 Å². The summed E-state index contributed by atoms with van der Waals surface area (Å²) in [5.74, 6) is -3.16. The van der Waals surface area contributed by atoms with E-state index in [0.29, 0.717) is 12.0 Å². The molecule has 0 aliphatic carbocycles. The maximum absolute atomic E-state index is 12.3. The maximum atomic E-state index is 12.3. The zero-order valence-electron chi connectivity index (χ0n) is 15.8. The number of carboxylic acids is 2.